The van der Waals surface area contributed by atoms with Crippen LogP contribution in [0, 0.1) is 12.8 Å². The van der Waals surface area contributed by atoms with Crippen LogP contribution in [0.1, 0.15) is 42.8 Å². The molecule has 2 aromatic carbocycles. The number of nitrogens with zero attached hydrogens (tertiary/aromatic N) is 4. The summed E-state index contributed by atoms with van der Waals surface area (Å²) in [6.07, 6.45) is -0.608. The Morgan fingerprint density at radius 3 is 2.48 bits per heavy atom. The van der Waals surface area contributed by atoms with Crippen LogP contribution in [0.5, 0.6) is 0 Å². The van der Waals surface area contributed by atoms with Crippen molar-refractivity contribution in [3.05, 3.63) is 77.4 Å². The molecule has 0 spiro atoms. The van der Waals surface area contributed by atoms with Gasteiger partial charge in [-0.1, -0.05) is 62.4 Å². The predicted octanol–water partition coefficient (Wildman–Crippen LogP) is 3.20. The fourth-order valence-corrected chi connectivity index (χ4v) is 3.20. The molecule has 1 amide bonds. The van der Waals surface area contributed by atoms with Crippen molar-refractivity contribution in [3.8, 4) is 5.69 Å². The number of aliphatic imine (C=N–C) groups is 1. The molecule has 1 unspecified atom stereocenters. The summed E-state index contributed by atoms with van der Waals surface area (Å²) in [4.78, 5) is 17.3. The van der Waals surface area contributed by atoms with E-state index in [1.807, 2.05) is 79.9 Å². The van der Waals surface area contributed by atoms with Crippen LogP contribution < -0.4 is 5.32 Å². The maximum Gasteiger partial charge on any atom is 0.224 e. The number of aromatic nitrogens is 3. The van der Waals surface area contributed by atoms with Crippen LogP contribution in [-0.2, 0) is 4.79 Å². The normalized spacial score (nSPS) is 15.6. The second-order valence-corrected chi connectivity index (χ2v) is 6.87. The van der Waals surface area contributed by atoms with Gasteiger partial charge in [-0.2, -0.15) is 0 Å². The van der Waals surface area contributed by atoms with Gasteiger partial charge < -0.3 is 5.32 Å². The topological polar surface area (TPSA) is 72.2 Å². The number of fused-ring (bicyclic) bond motifs is 3. The van der Waals surface area contributed by atoms with Gasteiger partial charge in [-0.05, 0) is 13.0 Å². The number of nitrogens with one attached hydrogen (secondary N) is 1. The molecule has 4 rings (SSSR count). The van der Waals surface area contributed by atoms with Gasteiger partial charge in [0.05, 0.1) is 11.4 Å². The lowest BCUT2D eigenvalue weighted by atomic mass is 10.0. The average Bonchev–Trinajstić information content (AvgIpc) is 3.00. The number of benzene rings is 2. The van der Waals surface area contributed by atoms with Crippen LogP contribution in [-0.4, -0.2) is 26.4 Å². The van der Waals surface area contributed by atoms with E-state index in [4.69, 9.17) is 4.99 Å². The minimum atomic E-state index is -0.608. The highest BCUT2D eigenvalue weighted by Crippen LogP contribution is 2.29. The van der Waals surface area contributed by atoms with Crippen molar-refractivity contribution in [1.29, 1.82) is 0 Å². The highest BCUT2D eigenvalue weighted by atomic mass is 16.2. The van der Waals surface area contributed by atoms with Gasteiger partial charge in [-0.25, -0.2) is 0 Å². The minimum absolute atomic E-state index is 0.0747. The molecule has 1 aliphatic rings. The van der Waals surface area contributed by atoms with Crippen molar-refractivity contribution in [2.24, 2.45) is 10.9 Å². The van der Waals surface area contributed by atoms with Crippen LogP contribution in [0.2, 0.25) is 0 Å². The van der Waals surface area contributed by atoms with E-state index < -0.39 is 6.17 Å². The Labute approximate surface area is 158 Å². The summed E-state index contributed by atoms with van der Waals surface area (Å²) in [5.41, 5.74) is 3.75. The summed E-state index contributed by atoms with van der Waals surface area (Å²) >= 11 is 0. The largest absolute Gasteiger partial charge is 0.328 e. The molecule has 6 heteroatoms. The first-order valence-electron chi connectivity index (χ1n) is 9.01. The summed E-state index contributed by atoms with van der Waals surface area (Å²) in [6.45, 7) is 5.62. The van der Waals surface area contributed by atoms with Gasteiger partial charge in [0.15, 0.2) is 12.0 Å². The fourth-order valence-electron chi connectivity index (χ4n) is 3.20. The third kappa shape index (κ3) is 3.03. The minimum Gasteiger partial charge on any atom is -0.328 e. The third-order valence-corrected chi connectivity index (χ3v) is 4.60. The molecule has 0 radical (unpaired) electrons. The number of hydrogen-bond donors (Lipinski definition) is 1. The molecule has 0 bridgehead atoms. The monoisotopic (exact) mass is 359 g/mol. The van der Waals surface area contributed by atoms with Crippen LogP contribution in [0.15, 0.2) is 59.6 Å². The molecule has 3 aromatic rings. The van der Waals surface area contributed by atoms with Crippen molar-refractivity contribution < 1.29 is 4.79 Å². The van der Waals surface area contributed by atoms with Gasteiger partial charge in [0.1, 0.15) is 5.82 Å². The summed E-state index contributed by atoms with van der Waals surface area (Å²) in [7, 11) is 0. The Balaban J connectivity index is 1.96. The Morgan fingerprint density at radius 1 is 1.04 bits per heavy atom. The number of hydrogen-bond acceptors (Lipinski definition) is 4. The number of amides is 1. The number of rotatable bonds is 3. The Morgan fingerprint density at radius 2 is 1.74 bits per heavy atom. The highest BCUT2D eigenvalue weighted by Gasteiger charge is 2.29. The molecule has 2 heterocycles. The standard InChI is InChI=1S/C21H21N5O/c1-13(2)21(27)23-19-20-25-24-14(3)26(20)17-12-8-7-11-16(17)18(22-19)15-9-5-4-6-10-15/h4-13,19H,1-3H3,(H,23,27). The van der Waals surface area contributed by atoms with Crippen LogP contribution in [0.3, 0.4) is 0 Å². The number of para-hydroxylation sites is 1. The molecule has 0 fully saturated rings. The predicted molar refractivity (Wildman–Crippen MR) is 104 cm³/mol. The summed E-state index contributed by atoms with van der Waals surface area (Å²) in [5, 5.41) is 11.6. The quantitative estimate of drug-likeness (QED) is 0.780. The van der Waals surface area contributed by atoms with Gasteiger partial charge in [0, 0.05) is 17.0 Å². The second-order valence-electron chi connectivity index (χ2n) is 6.87. The third-order valence-electron chi connectivity index (χ3n) is 4.60. The van der Waals surface area contributed by atoms with E-state index in [9.17, 15) is 4.79 Å². The zero-order valence-corrected chi connectivity index (χ0v) is 15.5. The zero-order valence-electron chi connectivity index (χ0n) is 15.5. The van der Waals surface area contributed by atoms with Gasteiger partial charge >= 0.3 is 0 Å². The SMILES string of the molecule is Cc1nnc2n1-c1ccccc1C(c1ccccc1)=NC2NC(=O)C(C)C. The van der Waals surface area contributed by atoms with E-state index in [0.29, 0.717) is 5.82 Å². The molecule has 1 N–H and O–H groups in total. The smallest absolute Gasteiger partial charge is 0.224 e. The lowest BCUT2D eigenvalue weighted by Crippen LogP contribution is -2.32. The first-order valence-corrected chi connectivity index (χ1v) is 9.01. The molecular weight excluding hydrogens is 338 g/mol. The molecule has 0 aliphatic carbocycles. The van der Waals surface area contributed by atoms with Gasteiger partial charge in [0.2, 0.25) is 5.91 Å². The molecule has 1 aromatic heterocycles. The van der Waals surface area contributed by atoms with E-state index in [-0.39, 0.29) is 11.8 Å². The number of aryl methyl sites for hydroxylation is 1. The highest BCUT2D eigenvalue weighted by molar-refractivity contribution is 6.15. The van der Waals surface area contributed by atoms with Gasteiger partial charge in [-0.15, -0.1) is 10.2 Å². The van der Waals surface area contributed by atoms with E-state index in [0.717, 1.165) is 28.4 Å². The molecule has 1 atom stereocenters. The second kappa shape index (κ2) is 6.79. The molecule has 27 heavy (non-hydrogen) atoms. The fraction of sp³-hybridized carbons (Fsp3) is 0.238. The van der Waals surface area contributed by atoms with E-state index in [1.54, 1.807) is 0 Å². The lowest BCUT2D eigenvalue weighted by molar-refractivity contribution is -0.124. The van der Waals surface area contributed by atoms with E-state index >= 15 is 0 Å². The summed E-state index contributed by atoms with van der Waals surface area (Å²) < 4.78 is 1.97. The Bertz CT molecular complexity index is 1020. The maximum atomic E-state index is 12.4. The molecular formula is C21H21N5O. The van der Waals surface area contributed by atoms with Gasteiger partial charge in [-0.3, -0.25) is 14.4 Å². The van der Waals surface area contributed by atoms with Crippen molar-refractivity contribution in [3.63, 3.8) is 0 Å². The molecule has 0 saturated heterocycles. The van der Waals surface area contributed by atoms with Crippen LogP contribution in [0.4, 0.5) is 0 Å². The van der Waals surface area contributed by atoms with Crippen molar-refractivity contribution in [2.45, 2.75) is 26.9 Å². The van der Waals surface area contributed by atoms with Crippen molar-refractivity contribution in [2.75, 3.05) is 0 Å². The maximum absolute atomic E-state index is 12.4. The first kappa shape index (κ1) is 17.1. The van der Waals surface area contributed by atoms with Crippen LogP contribution >= 0.6 is 0 Å². The number of carbonyl (C=O) groups excluding carboxylic acids is 1. The van der Waals surface area contributed by atoms with Crippen LogP contribution in [0.25, 0.3) is 5.69 Å². The Hall–Kier alpha value is -3.28. The van der Waals surface area contributed by atoms with E-state index in [1.165, 1.54) is 0 Å². The van der Waals surface area contributed by atoms with Crippen molar-refractivity contribution >= 4 is 11.6 Å². The first-order chi connectivity index (χ1) is 13.1. The van der Waals surface area contributed by atoms with Gasteiger partial charge in [0.25, 0.3) is 0 Å². The molecule has 1 aliphatic heterocycles. The van der Waals surface area contributed by atoms with Crippen molar-refractivity contribution in [1.82, 2.24) is 20.1 Å². The summed E-state index contributed by atoms with van der Waals surface area (Å²) in [5.74, 6) is 1.14. The zero-order chi connectivity index (χ0) is 19.0. The Kier molecular flexibility index (Phi) is 4.32. The number of carbonyl (C=O) groups is 1. The van der Waals surface area contributed by atoms with E-state index in [2.05, 4.69) is 15.5 Å². The lowest BCUT2D eigenvalue weighted by Gasteiger charge is -2.15. The molecule has 6 nitrogen and oxygen atoms in total. The summed E-state index contributed by atoms with van der Waals surface area (Å²) in [6, 6.07) is 18.0. The molecule has 0 saturated carbocycles. The average molecular weight is 359 g/mol. The molecule has 136 valence electrons.